The molecule has 2 aromatic rings. The number of nitriles is 1. The second-order valence-corrected chi connectivity index (χ2v) is 6.13. The first-order valence-corrected chi connectivity index (χ1v) is 8.21. The topological polar surface area (TPSA) is 62.6 Å². The van der Waals surface area contributed by atoms with E-state index in [4.69, 9.17) is 14.7 Å². The van der Waals surface area contributed by atoms with E-state index in [1.165, 1.54) is 12.7 Å². The number of carbonyl (C=O) groups excluding carboxylic acids is 1. The average molecular weight is 336 g/mol. The van der Waals surface area contributed by atoms with Crippen LogP contribution in [0.4, 0.5) is 5.69 Å². The molecule has 0 fully saturated rings. The maximum Gasteiger partial charge on any atom is 0.268 e. The molecule has 1 aliphatic rings. The lowest BCUT2D eigenvalue weighted by Gasteiger charge is -2.26. The van der Waals surface area contributed by atoms with Crippen LogP contribution in [0.1, 0.15) is 25.0 Å². The van der Waals surface area contributed by atoms with Gasteiger partial charge in [0.1, 0.15) is 0 Å². The second-order valence-electron chi connectivity index (χ2n) is 6.13. The average Bonchev–Trinajstić information content (AvgIpc) is 2.96. The van der Waals surface area contributed by atoms with Gasteiger partial charge in [-0.1, -0.05) is 18.2 Å². The summed E-state index contributed by atoms with van der Waals surface area (Å²) in [6, 6.07) is 15.0. The Morgan fingerprint density at radius 1 is 1.28 bits per heavy atom. The number of benzene rings is 2. The maximum atomic E-state index is 13.0. The lowest BCUT2D eigenvalue weighted by molar-refractivity contribution is -0.124. The van der Waals surface area contributed by atoms with E-state index in [0.717, 1.165) is 12.1 Å². The van der Waals surface area contributed by atoms with Gasteiger partial charge in [0.25, 0.3) is 5.91 Å². The van der Waals surface area contributed by atoms with Crippen LogP contribution in [0.5, 0.6) is 11.5 Å². The number of fused-ring (bicyclic) bond motifs is 1. The highest BCUT2D eigenvalue weighted by atomic mass is 16.5. The Labute approximate surface area is 147 Å². The summed E-state index contributed by atoms with van der Waals surface area (Å²) in [5.74, 6) is 0.792. The van der Waals surface area contributed by atoms with Crippen molar-refractivity contribution in [3.63, 3.8) is 0 Å². The summed E-state index contributed by atoms with van der Waals surface area (Å²) in [6.45, 7) is 3.76. The number of nitrogens with zero attached hydrogens (tertiary/aromatic N) is 2. The van der Waals surface area contributed by atoms with E-state index in [1.54, 1.807) is 30.0 Å². The van der Waals surface area contributed by atoms with Crippen molar-refractivity contribution in [3.05, 3.63) is 53.6 Å². The molecular weight excluding hydrogens is 316 g/mol. The van der Waals surface area contributed by atoms with Crippen molar-refractivity contribution in [1.82, 2.24) is 0 Å². The van der Waals surface area contributed by atoms with Gasteiger partial charge in [0, 0.05) is 17.8 Å². The normalized spacial score (nSPS) is 16.7. The minimum atomic E-state index is -0.671. The first kappa shape index (κ1) is 16.8. The number of amides is 1. The Bertz CT molecular complexity index is 841. The van der Waals surface area contributed by atoms with Crippen molar-refractivity contribution < 1.29 is 14.3 Å². The number of hydrogen-bond acceptors (Lipinski definition) is 4. The van der Waals surface area contributed by atoms with Crippen LogP contribution in [0.25, 0.3) is 0 Å². The van der Waals surface area contributed by atoms with Crippen LogP contribution >= 0.6 is 0 Å². The van der Waals surface area contributed by atoms with Gasteiger partial charge in [-0.3, -0.25) is 4.79 Å². The fourth-order valence-electron chi connectivity index (χ4n) is 3.17. The zero-order chi connectivity index (χ0) is 18.0. The van der Waals surface area contributed by atoms with Gasteiger partial charge in [0.15, 0.2) is 17.6 Å². The highest BCUT2D eigenvalue weighted by Crippen LogP contribution is 2.34. The van der Waals surface area contributed by atoms with Crippen LogP contribution in [0.2, 0.25) is 0 Å². The number of para-hydroxylation sites is 1. The molecule has 2 atom stereocenters. The SMILES string of the molecule is COc1cc(C#N)ccc1O[C@H](C)C(=O)N1c2ccccc2C[C@@H]1C. The Balaban J connectivity index is 1.81. The van der Waals surface area contributed by atoms with Crippen LogP contribution in [0, 0.1) is 11.3 Å². The minimum Gasteiger partial charge on any atom is -0.493 e. The maximum absolute atomic E-state index is 13.0. The Kier molecular flexibility index (Phi) is 4.62. The molecule has 0 aliphatic carbocycles. The van der Waals surface area contributed by atoms with E-state index in [0.29, 0.717) is 17.1 Å². The lowest BCUT2D eigenvalue weighted by atomic mass is 10.1. The van der Waals surface area contributed by atoms with Gasteiger partial charge >= 0.3 is 0 Å². The molecule has 0 aromatic heterocycles. The third kappa shape index (κ3) is 3.16. The zero-order valence-corrected chi connectivity index (χ0v) is 14.5. The van der Waals surface area contributed by atoms with Gasteiger partial charge in [-0.05, 0) is 44.0 Å². The molecule has 2 aromatic carbocycles. The van der Waals surface area contributed by atoms with Crippen molar-refractivity contribution >= 4 is 11.6 Å². The molecule has 0 spiro atoms. The third-order valence-electron chi connectivity index (χ3n) is 4.39. The summed E-state index contributed by atoms with van der Waals surface area (Å²) in [5.41, 5.74) is 2.60. The molecule has 25 heavy (non-hydrogen) atoms. The van der Waals surface area contributed by atoms with Crippen molar-refractivity contribution in [2.75, 3.05) is 12.0 Å². The molecule has 3 rings (SSSR count). The fourth-order valence-corrected chi connectivity index (χ4v) is 3.17. The van der Waals surface area contributed by atoms with Crippen LogP contribution < -0.4 is 14.4 Å². The van der Waals surface area contributed by atoms with Gasteiger partial charge < -0.3 is 14.4 Å². The molecule has 1 aliphatic heterocycles. The summed E-state index contributed by atoms with van der Waals surface area (Å²) >= 11 is 0. The quantitative estimate of drug-likeness (QED) is 0.859. The molecular formula is C20H20N2O3. The van der Waals surface area contributed by atoms with E-state index in [9.17, 15) is 4.79 Å². The summed E-state index contributed by atoms with van der Waals surface area (Å²) in [7, 11) is 1.51. The molecule has 0 N–H and O–H groups in total. The number of carbonyl (C=O) groups is 1. The van der Waals surface area contributed by atoms with E-state index >= 15 is 0 Å². The van der Waals surface area contributed by atoms with Crippen molar-refractivity contribution in [3.8, 4) is 17.6 Å². The largest absolute Gasteiger partial charge is 0.493 e. The molecule has 5 nitrogen and oxygen atoms in total. The molecule has 0 bridgehead atoms. The number of anilines is 1. The summed E-state index contributed by atoms with van der Waals surface area (Å²) in [6.07, 6.45) is 0.171. The molecule has 1 heterocycles. The smallest absolute Gasteiger partial charge is 0.268 e. The number of methoxy groups -OCH3 is 1. The predicted octanol–water partition coefficient (Wildman–Crippen LogP) is 3.31. The monoisotopic (exact) mass is 336 g/mol. The molecule has 0 radical (unpaired) electrons. The predicted molar refractivity (Wildman–Crippen MR) is 94.9 cm³/mol. The highest BCUT2D eigenvalue weighted by molar-refractivity contribution is 5.99. The van der Waals surface area contributed by atoms with Crippen molar-refractivity contribution in [2.24, 2.45) is 0 Å². The molecule has 0 saturated carbocycles. The first-order valence-electron chi connectivity index (χ1n) is 8.21. The van der Waals surface area contributed by atoms with Crippen molar-refractivity contribution in [1.29, 1.82) is 5.26 Å². The van der Waals surface area contributed by atoms with Crippen LogP contribution in [-0.2, 0) is 11.2 Å². The minimum absolute atomic E-state index is 0.0936. The third-order valence-corrected chi connectivity index (χ3v) is 4.39. The van der Waals surface area contributed by atoms with E-state index < -0.39 is 6.10 Å². The van der Waals surface area contributed by atoms with Gasteiger partial charge in [-0.2, -0.15) is 5.26 Å². The summed E-state index contributed by atoms with van der Waals surface area (Å²) in [4.78, 5) is 14.8. The van der Waals surface area contributed by atoms with Crippen LogP contribution in [0.3, 0.4) is 0 Å². The standard InChI is InChI=1S/C20H20N2O3/c1-13-10-16-6-4-5-7-17(16)22(13)20(23)14(2)25-18-9-8-15(12-21)11-19(18)24-3/h4-9,11,13-14H,10H2,1-3H3/t13-,14+/m0/s1. The Morgan fingerprint density at radius 2 is 2.04 bits per heavy atom. The molecule has 5 heteroatoms. The number of rotatable bonds is 4. The molecule has 1 amide bonds. The van der Waals surface area contributed by atoms with Gasteiger partial charge in [0.2, 0.25) is 0 Å². The van der Waals surface area contributed by atoms with Gasteiger partial charge in [0.05, 0.1) is 18.7 Å². The Morgan fingerprint density at radius 3 is 2.76 bits per heavy atom. The second kappa shape index (κ2) is 6.86. The number of hydrogen-bond donors (Lipinski definition) is 0. The molecule has 128 valence electrons. The number of ether oxygens (including phenoxy) is 2. The zero-order valence-electron chi connectivity index (χ0n) is 14.5. The molecule has 0 unspecified atom stereocenters. The molecule has 0 saturated heterocycles. The highest BCUT2D eigenvalue weighted by Gasteiger charge is 2.34. The summed E-state index contributed by atoms with van der Waals surface area (Å²) < 4.78 is 11.1. The first-order chi connectivity index (χ1) is 12.0. The van der Waals surface area contributed by atoms with Crippen LogP contribution in [-0.4, -0.2) is 25.2 Å². The van der Waals surface area contributed by atoms with E-state index in [2.05, 4.69) is 6.07 Å². The summed E-state index contributed by atoms with van der Waals surface area (Å²) in [5, 5.41) is 8.98. The fraction of sp³-hybridized carbons (Fsp3) is 0.300. The Hall–Kier alpha value is -3.00. The van der Waals surface area contributed by atoms with Crippen LogP contribution in [0.15, 0.2) is 42.5 Å². The lowest BCUT2D eigenvalue weighted by Crippen LogP contribution is -2.43. The van der Waals surface area contributed by atoms with E-state index in [1.807, 2.05) is 31.2 Å². The van der Waals surface area contributed by atoms with Crippen molar-refractivity contribution in [2.45, 2.75) is 32.4 Å². The van der Waals surface area contributed by atoms with Gasteiger partial charge in [-0.15, -0.1) is 0 Å². The van der Waals surface area contributed by atoms with E-state index in [-0.39, 0.29) is 11.9 Å². The van der Waals surface area contributed by atoms with Gasteiger partial charge in [-0.25, -0.2) is 0 Å².